The first-order valence-electron chi connectivity index (χ1n) is 5.08. The van der Waals surface area contributed by atoms with Gasteiger partial charge in [-0.05, 0) is 39.0 Å². The summed E-state index contributed by atoms with van der Waals surface area (Å²) in [7, 11) is 0. The Hall–Kier alpha value is -0.340. The van der Waals surface area contributed by atoms with E-state index in [1.54, 1.807) is 6.92 Å². The van der Waals surface area contributed by atoms with E-state index in [0.717, 1.165) is 19.3 Å². The zero-order valence-electron chi connectivity index (χ0n) is 8.71. The zero-order chi connectivity index (χ0) is 10.1. The Morgan fingerprint density at radius 2 is 2.15 bits per heavy atom. The van der Waals surface area contributed by atoms with E-state index in [4.69, 9.17) is 5.73 Å². The maximum atomic E-state index is 9.69. The van der Waals surface area contributed by atoms with Crippen molar-refractivity contribution in [1.29, 1.82) is 0 Å². The Morgan fingerprint density at radius 3 is 2.62 bits per heavy atom. The zero-order valence-corrected chi connectivity index (χ0v) is 8.71. The largest absolute Gasteiger partial charge is 0.376 e. The van der Waals surface area contributed by atoms with Crippen LogP contribution in [0.15, 0.2) is 12.2 Å². The van der Waals surface area contributed by atoms with Crippen LogP contribution in [0, 0.1) is 11.8 Å². The van der Waals surface area contributed by atoms with Crippen molar-refractivity contribution < 1.29 is 5.11 Å². The first kappa shape index (κ1) is 10.7. The molecular weight excluding hydrogens is 162 g/mol. The minimum atomic E-state index is -1.01. The Balaban J connectivity index is 2.57. The number of hydrogen-bond donors (Lipinski definition) is 2. The molecule has 0 amide bonds. The number of allylic oxidation sites excluding steroid dienone is 1. The summed E-state index contributed by atoms with van der Waals surface area (Å²) in [5.41, 5.74) is 5.92. The highest BCUT2D eigenvalue weighted by molar-refractivity contribution is 4.99. The van der Waals surface area contributed by atoms with Crippen molar-refractivity contribution in [1.82, 2.24) is 0 Å². The molecule has 13 heavy (non-hydrogen) atoms. The molecule has 0 saturated heterocycles. The Labute approximate surface area is 80.8 Å². The fourth-order valence-electron chi connectivity index (χ4n) is 2.17. The lowest BCUT2D eigenvalue weighted by Crippen LogP contribution is -2.45. The SMILES string of the molecule is C=C(C)C1CCCC(C(C)(N)O)C1. The molecular formula is C11H21NO. The van der Waals surface area contributed by atoms with Gasteiger partial charge in [-0.2, -0.15) is 0 Å². The molecule has 0 radical (unpaired) electrons. The highest BCUT2D eigenvalue weighted by Gasteiger charge is 2.32. The molecule has 76 valence electrons. The van der Waals surface area contributed by atoms with E-state index in [-0.39, 0.29) is 5.92 Å². The predicted molar refractivity (Wildman–Crippen MR) is 55.1 cm³/mol. The van der Waals surface area contributed by atoms with E-state index in [9.17, 15) is 5.11 Å². The average Bonchev–Trinajstić information content (AvgIpc) is 2.03. The molecule has 0 aliphatic heterocycles. The topological polar surface area (TPSA) is 46.2 Å². The predicted octanol–water partition coefficient (Wildman–Crippen LogP) is 2.04. The van der Waals surface area contributed by atoms with E-state index in [2.05, 4.69) is 13.5 Å². The molecule has 1 aliphatic carbocycles. The summed E-state index contributed by atoms with van der Waals surface area (Å²) in [6, 6.07) is 0. The lowest BCUT2D eigenvalue weighted by atomic mass is 9.75. The molecule has 3 N–H and O–H groups in total. The van der Waals surface area contributed by atoms with Gasteiger partial charge in [0.25, 0.3) is 0 Å². The Morgan fingerprint density at radius 1 is 1.54 bits per heavy atom. The average molecular weight is 183 g/mol. The van der Waals surface area contributed by atoms with Gasteiger partial charge in [0.05, 0.1) is 0 Å². The second kappa shape index (κ2) is 3.81. The van der Waals surface area contributed by atoms with Crippen molar-refractivity contribution in [3.63, 3.8) is 0 Å². The summed E-state index contributed by atoms with van der Waals surface area (Å²) in [5, 5.41) is 9.69. The van der Waals surface area contributed by atoms with E-state index >= 15 is 0 Å². The third-order valence-electron chi connectivity index (χ3n) is 3.20. The molecule has 1 saturated carbocycles. The summed E-state index contributed by atoms with van der Waals surface area (Å²) in [4.78, 5) is 0. The molecule has 1 fully saturated rings. The maximum absolute atomic E-state index is 9.69. The van der Waals surface area contributed by atoms with Crippen molar-refractivity contribution in [2.75, 3.05) is 0 Å². The molecule has 0 heterocycles. The fraction of sp³-hybridized carbons (Fsp3) is 0.818. The van der Waals surface area contributed by atoms with Gasteiger partial charge in [-0.3, -0.25) is 0 Å². The van der Waals surface area contributed by atoms with E-state index in [1.807, 2.05) is 0 Å². The molecule has 0 aromatic rings. The molecule has 2 heteroatoms. The van der Waals surface area contributed by atoms with E-state index in [0.29, 0.717) is 5.92 Å². The number of hydrogen-bond acceptors (Lipinski definition) is 2. The van der Waals surface area contributed by atoms with E-state index < -0.39 is 5.72 Å². The van der Waals surface area contributed by atoms with Gasteiger partial charge >= 0.3 is 0 Å². The minimum absolute atomic E-state index is 0.239. The van der Waals surface area contributed by atoms with Crippen LogP contribution in [0.5, 0.6) is 0 Å². The van der Waals surface area contributed by atoms with Crippen molar-refractivity contribution in [3.05, 3.63) is 12.2 Å². The van der Waals surface area contributed by atoms with Gasteiger partial charge < -0.3 is 10.8 Å². The lowest BCUT2D eigenvalue weighted by Gasteiger charge is -2.36. The van der Waals surface area contributed by atoms with Crippen LogP contribution in [0.1, 0.15) is 39.5 Å². The van der Waals surface area contributed by atoms with Gasteiger partial charge in [0.15, 0.2) is 0 Å². The monoisotopic (exact) mass is 183 g/mol. The third kappa shape index (κ3) is 2.82. The first-order chi connectivity index (χ1) is 5.91. The van der Waals surface area contributed by atoms with Gasteiger partial charge in [-0.25, -0.2) is 0 Å². The highest BCUT2D eigenvalue weighted by Crippen LogP contribution is 2.36. The van der Waals surface area contributed by atoms with Crippen molar-refractivity contribution in [2.45, 2.75) is 45.3 Å². The summed E-state index contributed by atoms with van der Waals surface area (Å²) in [6.45, 7) is 7.75. The Bertz CT molecular complexity index is 193. The third-order valence-corrected chi connectivity index (χ3v) is 3.20. The second-order valence-corrected chi connectivity index (χ2v) is 4.63. The van der Waals surface area contributed by atoms with Crippen LogP contribution in [0.3, 0.4) is 0 Å². The quantitative estimate of drug-likeness (QED) is 0.508. The van der Waals surface area contributed by atoms with Crippen LogP contribution < -0.4 is 5.73 Å². The van der Waals surface area contributed by atoms with Gasteiger partial charge in [0.2, 0.25) is 0 Å². The van der Waals surface area contributed by atoms with Crippen molar-refractivity contribution >= 4 is 0 Å². The van der Waals surface area contributed by atoms with Crippen molar-refractivity contribution in [2.24, 2.45) is 17.6 Å². The molecule has 3 atom stereocenters. The number of aliphatic hydroxyl groups is 1. The normalized spacial score (nSPS) is 33.8. The second-order valence-electron chi connectivity index (χ2n) is 4.63. The van der Waals surface area contributed by atoms with E-state index in [1.165, 1.54) is 12.0 Å². The summed E-state index contributed by atoms with van der Waals surface area (Å²) in [6.07, 6.45) is 4.42. The molecule has 2 nitrogen and oxygen atoms in total. The lowest BCUT2D eigenvalue weighted by molar-refractivity contribution is -0.0172. The summed E-state index contributed by atoms with van der Waals surface area (Å²) >= 11 is 0. The van der Waals surface area contributed by atoms with Crippen LogP contribution >= 0.6 is 0 Å². The number of nitrogens with two attached hydrogens (primary N) is 1. The van der Waals surface area contributed by atoms with Crippen LogP contribution in [0.25, 0.3) is 0 Å². The first-order valence-corrected chi connectivity index (χ1v) is 5.08. The molecule has 0 aromatic carbocycles. The fourth-order valence-corrected chi connectivity index (χ4v) is 2.17. The number of rotatable bonds is 2. The molecule has 0 aromatic heterocycles. The van der Waals surface area contributed by atoms with Crippen LogP contribution in [0.2, 0.25) is 0 Å². The minimum Gasteiger partial charge on any atom is -0.376 e. The van der Waals surface area contributed by atoms with Crippen LogP contribution in [0.4, 0.5) is 0 Å². The Kier molecular flexibility index (Phi) is 3.14. The van der Waals surface area contributed by atoms with Crippen LogP contribution in [-0.4, -0.2) is 10.8 Å². The molecule has 1 rings (SSSR count). The maximum Gasteiger partial charge on any atom is 0.113 e. The summed E-state index contributed by atoms with van der Waals surface area (Å²) < 4.78 is 0. The molecule has 0 bridgehead atoms. The van der Waals surface area contributed by atoms with Gasteiger partial charge in [0.1, 0.15) is 5.72 Å². The molecule has 0 spiro atoms. The molecule has 3 unspecified atom stereocenters. The summed E-state index contributed by atoms with van der Waals surface area (Å²) in [5.74, 6) is 0.803. The van der Waals surface area contributed by atoms with Gasteiger partial charge in [0, 0.05) is 5.92 Å². The molecule has 1 aliphatic rings. The smallest absolute Gasteiger partial charge is 0.113 e. The van der Waals surface area contributed by atoms with Gasteiger partial charge in [-0.15, -0.1) is 0 Å². The van der Waals surface area contributed by atoms with Crippen molar-refractivity contribution in [3.8, 4) is 0 Å². The standard InChI is InChI=1S/C11H21NO/c1-8(2)9-5-4-6-10(7-9)11(3,12)13/h9-10,13H,1,4-7,12H2,2-3H3. The van der Waals surface area contributed by atoms with Gasteiger partial charge in [-0.1, -0.05) is 18.6 Å². The van der Waals surface area contributed by atoms with Crippen LogP contribution in [-0.2, 0) is 0 Å². The highest BCUT2D eigenvalue weighted by atomic mass is 16.3.